The lowest BCUT2D eigenvalue weighted by Crippen LogP contribution is -2.21. The molecule has 0 radical (unpaired) electrons. The molecular formula is C3H6O3S. The summed E-state index contributed by atoms with van der Waals surface area (Å²) in [7, 11) is 0. The number of hydrogen-bond donors (Lipinski definition) is 3. The molecular weight excluding hydrogens is 116 g/mol. The average molecular weight is 122 g/mol. The van der Waals surface area contributed by atoms with Gasteiger partial charge in [-0.1, -0.05) is 0 Å². The van der Waals surface area contributed by atoms with Crippen molar-refractivity contribution in [1.29, 1.82) is 0 Å². The van der Waals surface area contributed by atoms with Crippen LogP contribution in [-0.2, 0) is 0 Å². The Morgan fingerprint density at radius 1 is 1.71 bits per heavy atom. The molecule has 0 heterocycles. The molecule has 0 spiro atoms. The summed E-state index contributed by atoms with van der Waals surface area (Å²) in [5.41, 5.74) is 0. The van der Waals surface area contributed by atoms with Gasteiger partial charge in [-0.15, -0.1) is 0 Å². The third kappa shape index (κ3) is 2.50. The van der Waals surface area contributed by atoms with Crippen LogP contribution in [0.1, 0.15) is 0 Å². The first-order valence-corrected chi connectivity index (χ1v) is 2.11. The van der Waals surface area contributed by atoms with Gasteiger partial charge in [0.15, 0.2) is 5.05 Å². The Labute approximate surface area is 46.2 Å². The van der Waals surface area contributed by atoms with Crippen LogP contribution in [-0.4, -0.2) is 33.1 Å². The predicted molar refractivity (Wildman–Crippen MR) is 28.3 cm³/mol. The highest BCUT2D eigenvalue weighted by Crippen LogP contribution is 1.80. The highest BCUT2D eigenvalue weighted by atomic mass is 32.1. The fourth-order valence-electron chi connectivity index (χ4n) is 0.0781. The summed E-state index contributed by atoms with van der Waals surface area (Å²) < 4.78 is 0. The van der Waals surface area contributed by atoms with E-state index in [-0.39, 0.29) is 0 Å². The van der Waals surface area contributed by atoms with Crippen molar-refractivity contribution in [2.24, 2.45) is 0 Å². The summed E-state index contributed by atoms with van der Waals surface area (Å²) in [5, 5.41) is 23.9. The van der Waals surface area contributed by atoms with Crippen molar-refractivity contribution < 1.29 is 15.3 Å². The lowest BCUT2D eigenvalue weighted by molar-refractivity contribution is 0.133. The summed E-state index contributed by atoms with van der Waals surface area (Å²) in [4.78, 5) is 0. The number of aliphatic hydroxyl groups is 3. The maximum Gasteiger partial charge on any atom is 0.188 e. The molecule has 0 aromatic rings. The zero-order chi connectivity index (χ0) is 5.86. The van der Waals surface area contributed by atoms with E-state index in [9.17, 15) is 0 Å². The number of rotatable bonds is 2. The Morgan fingerprint density at radius 3 is 2.14 bits per heavy atom. The first-order chi connectivity index (χ1) is 3.18. The fourth-order valence-corrected chi connectivity index (χ4v) is 0.153. The summed E-state index contributed by atoms with van der Waals surface area (Å²) in [5.74, 6) is 0. The first kappa shape index (κ1) is 6.81. The standard InChI is InChI=1S/C3H6O3S/c4-1-2(5)3(6)7/h2,4-5H,1H2,(H,6,7). The Kier molecular flexibility index (Phi) is 2.82. The van der Waals surface area contributed by atoms with Crippen molar-refractivity contribution in [2.75, 3.05) is 6.61 Å². The van der Waals surface area contributed by atoms with Gasteiger partial charge in [0.2, 0.25) is 0 Å². The van der Waals surface area contributed by atoms with Gasteiger partial charge >= 0.3 is 0 Å². The van der Waals surface area contributed by atoms with E-state index in [1.54, 1.807) is 0 Å². The van der Waals surface area contributed by atoms with Crippen LogP contribution in [0.3, 0.4) is 0 Å². The molecule has 0 saturated carbocycles. The maximum atomic E-state index is 8.29. The second-order valence-electron chi connectivity index (χ2n) is 1.04. The summed E-state index contributed by atoms with van der Waals surface area (Å²) in [6.45, 7) is -0.519. The zero-order valence-electron chi connectivity index (χ0n) is 3.53. The van der Waals surface area contributed by atoms with E-state index in [1.165, 1.54) is 0 Å². The minimum Gasteiger partial charge on any atom is -0.500 e. The molecule has 0 aliphatic rings. The van der Waals surface area contributed by atoms with E-state index >= 15 is 0 Å². The molecule has 0 aromatic heterocycles. The molecule has 0 aliphatic carbocycles. The van der Waals surface area contributed by atoms with E-state index in [0.29, 0.717) is 0 Å². The van der Waals surface area contributed by atoms with Crippen molar-refractivity contribution in [2.45, 2.75) is 6.10 Å². The van der Waals surface area contributed by atoms with Crippen LogP contribution in [0.5, 0.6) is 0 Å². The average Bonchev–Trinajstić information content (AvgIpc) is 1.65. The second kappa shape index (κ2) is 2.90. The summed E-state index contributed by atoms with van der Waals surface area (Å²) in [6, 6.07) is 0. The highest BCUT2D eigenvalue weighted by Gasteiger charge is 2.04. The molecule has 0 aromatic carbocycles. The lowest BCUT2D eigenvalue weighted by Gasteiger charge is -1.98. The lowest BCUT2D eigenvalue weighted by atomic mass is 10.4. The second-order valence-corrected chi connectivity index (χ2v) is 1.45. The SMILES string of the molecule is OCC(O)C(O)=S. The van der Waals surface area contributed by atoms with Gasteiger partial charge in [-0.05, 0) is 12.2 Å². The third-order valence-electron chi connectivity index (χ3n) is 0.458. The topological polar surface area (TPSA) is 60.7 Å². The van der Waals surface area contributed by atoms with Crippen LogP contribution in [0.4, 0.5) is 0 Å². The molecule has 1 unspecified atom stereocenters. The van der Waals surface area contributed by atoms with E-state index in [2.05, 4.69) is 12.2 Å². The minimum atomic E-state index is -1.25. The van der Waals surface area contributed by atoms with Crippen molar-refractivity contribution in [3.05, 3.63) is 0 Å². The molecule has 4 heteroatoms. The van der Waals surface area contributed by atoms with E-state index in [1.807, 2.05) is 0 Å². The van der Waals surface area contributed by atoms with E-state index in [4.69, 9.17) is 15.3 Å². The van der Waals surface area contributed by atoms with E-state index < -0.39 is 17.8 Å². The molecule has 0 bridgehead atoms. The number of aliphatic hydroxyl groups excluding tert-OH is 3. The molecule has 0 aliphatic heterocycles. The fraction of sp³-hybridized carbons (Fsp3) is 0.667. The van der Waals surface area contributed by atoms with Crippen LogP contribution in [0, 0.1) is 0 Å². The van der Waals surface area contributed by atoms with Gasteiger partial charge in [0.1, 0.15) is 6.10 Å². The van der Waals surface area contributed by atoms with Crippen LogP contribution in [0.2, 0.25) is 0 Å². The third-order valence-corrected chi connectivity index (χ3v) is 0.730. The van der Waals surface area contributed by atoms with Gasteiger partial charge in [0.25, 0.3) is 0 Å². The summed E-state index contributed by atoms with van der Waals surface area (Å²) >= 11 is 4.06. The zero-order valence-corrected chi connectivity index (χ0v) is 4.35. The molecule has 7 heavy (non-hydrogen) atoms. The van der Waals surface area contributed by atoms with Gasteiger partial charge in [0, 0.05) is 0 Å². The monoisotopic (exact) mass is 122 g/mol. The molecule has 1 atom stereocenters. The molecule has 0 rings (SSSR count). The quantitative estimate of drug-likeness (QED) is 0.421. The van der Waals surface area contributed by atoms with E-state index in [0.717, 1.165) is 0 Å². The highest BCUT2D eigenvalue weighted by molar-refractivity contribution is 7.80. The molecule has 0 saturated heterocycles. The van der Waals surface area contributed by atoms with Gasteiger partial charge in [-0.25, -0.2) is 0 Å². The van der Waals surface area contributed by atoms with Crippen molar-refractivity contribution in [3.63, 3.8) is 0 Å². The Morgan fingerprint density at radius 2 is 2.14 bits per heavy atom. The summed E-state index contributed by atoms with van der Waals surface area (Å²) in [6.07, 6.45) is -1.25. The van der Waals surface area contributed by atoms with Crippen LogP contribution in [0.25, 0.3) is 0 Å². The van der Waals surface area contributed by atoms with Gasteiger partial charge in [-0.3, -0.25) is 0 Å². The van der Waals surface area contributed by atoms with Crippen molar-refractivity contribution >= 4 is 17.3 Å². The number of hydrogen-bond acceptors (Lipinski definition) is 3. The minimum absolute atomic E-state index is 0.519. The van der Waals surface area contributed by atoms with Gasteiger partial charge in [-0.2, -0.15) is 0 Å². The van der Waals surface area contributed by atoms with Crippen LogP contribution < -0.4 is 0 Å². The van der Waals surface area contributed by atoms with Crippen molar-refractivity contribution in [1.82, 2.24) is 0 Å². The molecule has 3 nitrogen and oxygen atoms in total. The Hall–Kier alpha value is -0.190. The maximum absolute atomic E-state index is 8.29. The molecule has 0 amide bonds. The van der Waals surface area contributed by atoms with Gasteiger partial charge in [0.05, 0.1) is 6.61 Å². The molecule has 0 fully saturated rings. The van der Waals surface area contributed by atoms with Crippen molar-refractivity contribution in [3.8, 4) is 0 Å². The number of thiocarbonyl (C=S) groups is 1. The Balaban J connectivity index is 3.34. The largest absolute Gasteiger partial charge is 0.500 e. The molecule has 3 N–H and O–H groups in total. The Bertz CT molecular complexity index is 72.6. The normalized spacial score (nSPS) is 13.4. The van der Waals surface area contributed by atoms with Crippen LogP contribution >= 0.6 is 12.2 Å². The van der Waals surface area contributed by atoms with Crippen LogP contribution in [0.15, 0.2) is 0 Å². The van der Waals surface area contributed by atoms with Gasteiger partial charge < -0.3 is 15.3 Å². The smallest absolute Gasteiger partial charge is 0.188 e. The first-order valence-electron chi connectivity index (χ1n) is 1.70. The predicted octanol–water partition coefficient (Wildman–Crippen LogP) is -0.775. The molecule has 42 valence electrons.